The summed E-state index contributed by atoms with van der Waals surface area (Å²) in [5, 5.41) is 0. The van der Waals surface area contributed by atoms with E-state index >= 15 is 0 Å². The minimum atomic E-state index is -3.61. The van der Waals surface area contributed by atoms with Crippen molar-refractivity contribution in [1.29, 1.82) is 0 Å². The van der Waals surface area contributed by atoms with Gasteiger partial charge < -0.3 is 0 Å². The molecule has 0 radical (unpaired) electrons. The van der Waals surface area contributed by atoms with Gasteiger partial charge in [-0.2, -0.15) is 0 Å². The SMILES string of the molecule is Cc1ccc2c(c1)S(=O)(=O)OI2C#Cc1ccccc1. The van der Waals surface area contributed by atoms with E-state index in [2.05, 4.69) is 9.85 Å². The molecule has 5 heteroatoms. The molecule has 102 valence electrons. The molecule has 1 aliphatic rings. The van der Waals surface area contributed by atoms with Crippen molar-refractivity contribution >= 4 is 30.4 Å². The Kier molecular flexibility index (Phi) is 3.54. The molecule has 3 nitrogen and oxygen atoms in total. The molecule has 0 unspecified atom stereocenters. The van der Waals surface area contributed by atoms with Crippen LogP contribution in [-0.2, 0) is 12.6 Å². The second kappa shape index (κ2) is 5.20. The van der Waals surface area contributed by atoms with Gasteiger partial charge in [0.05, 0.1) is 0 Å². The van der Waals surface area contributed by atoms with Gasteiger partial charge in [0.25, 0.3) is 0 Å². The fourth-order valence-electron chi connectivity index (χ4n) is 1.78. The number of hydrogen-bond acceptors (Lipinski definition) is 3. The Labute approximate surface area is 126 Å². The third kappa shape index (κ3) is 2.59. The zero-order valence-electron chi connectivity index (χ0n) is 10.6. The van der Waals surface area contributed by atoms with E-state index in [1.165, 1.54) is 0 Å². The van der Waals surface area contributed by atoms with Gasteiger partial charge in [-0.25, -0.2) is 0 Å². The molecular weight excluding hydrogens is 387 g/mol. The van der Waals surface area contributed by atoms with Crippen molar-refractivity contribution in [2.24, 2.45) is 0 Å². The molecule has 0 aliphatic carbocycles. The molecule has 1 heterocycles. The molecule has 3 rings (SSSR count). The number of hydrogen-bond donors (Lipinski definition) is 0. The van der Waals surface area contributed by atoms with Crippen molar-refractivity contribution in [3.63, 3.8) is 0 Å². The van der Waals surface area contributed by atoms with Crippen LogP contribution in [0.15, 0.2) is 53.4 Å². The Morgan fingerprint density at radius 2 is 1.85 bits per heavy atom. The van der Waals surface area contributed by atoms with Crippen molar-refractivity contribution in [3.05, 3.63) is 63.2 Å². The fourth-order valence-corrected chi connectivity index (χ4v) is 8.87. The molecule has 0 atom stereocenters. The summed E-state index contributed by atoms with van der Waals surface area (Å²) in [6, 6.07) is 14.9. The Bertz CT molecular complexity index is 817. The maximum absolute atomic E-state index is 12.0. The molecule has 0 spiro atoms. The molecule has 2 aromatic rings. The number of benzene rings is 2. The average Bonchev–Trinajstić information content (AvgIpc) is 2.69. The topological polar surface area (TPSA) is 43.4 Å². The van der Waals surface area contributed by atoms with E-state index < -0.39 is 30.4 Å². The summed E-state index contributed by atoms with van der Waals surface area (Å²) >= 11 is -2.44. The second-order valence-corrected chi connectivity index (χ2v) is 9.96. The standard InChI is InChI=1S/C15H11IO3S/c1-12-7-8-14-15(11-12)20(17,18)19-16(14)10-9-13-5-3-2-4-6-13/h2-8,11H,1H3. The molecule has 0 N–H and O–H groups in total. The van der Waals surface area contributed by atoms with Crippen LogP contribution in [0.5, 0.6) is 0 Å². The van der Waals surface area contributed by atoms with Crippen LogP contribution in [0.2, 0.25) is 0 Å². The van der Waals surface area contributed by atoms with Crippen molar-refractivity contribution in [2.75, 3.05) is 0 Å². The van der Waals surface area contributed by atoms with Gasteiger partial charge in [-0.15, -0.1) is 0 Å². The van der Waals surface area contributed by atoms with Gasteiger partial charge in [0.1, 0.15) is 0 Å². The maximum atomic E-state index is 12.0. The van der Waals surface area contributed by atoms with Crippen molar-refractivity contribution in [3.8, 4) is 9.85 Å². The molecule has 0 bridgehead atoms. The number of halogens is 1. The summed E-state index contributed by atoms with van der Waals surface area (Å²) in [6.45, 7) is 1.86. The summed E-state index contributed by atoms with van der Waals surface area (Å²) in [5.74, 6) is 3.01. The first kappa shape index (κ1) is 13.6. The van der Waals surface area contributed by atoms with Crippen LogP contribution in [0.25, 0.3) is 0 Å². The van der Waals surface area contributed by atoms with Crippen LogP contribution in [0.1, 0.15) is 11.1 Å². The molecule has 1 aliphatic heterocycles. The van der Waals surface area contributed by atoms with Crippen molar-refractivity contribution < 1.29 is 10.9 Å². The molecular formula is C15H11IO3S. The van der Waals surface area contributed by atoms with Gasteiger partial charge in [0, 0.05) is 0 Å². The van der Waals surface area contributed by atoms with E-state index in [9.17, 15) is 8.42 Å². The van der Waals surface area contributed by atoms with E-state index in [4.69, 9.17) is 2.51 Å². The van der Waals surface area contributed by atoms with E-state index in [-0.39, 0.29) is 0 Å². The first-order chi connectivity index (χ1) is 9.56. The van der Waals surface area contributed by atoms with Crippen LogP contribution in [-0.4, -0.2) is 8.42 Å². The molecule has 0 aromatic heterocycles. The summed E-state index contributed by atoms with van der Waals surface area (Å²) < 4.78 is 33.0. The zero-order chi connectivity index (χ0) is 14.2. The van der Waals surface area contributed by atoms with Crippen LogP contribution < -0.4 is 0 Å². The molecule has 0 saturated carbocycles. The molecule has 2 aromatic carbocycles. The third-order valence-electron chi connectivity index (χ3n) is 2.74. The van der Waals surface area contributed by atoms with E-state index in [0.29, 0.717) is 4.90 Å². The predicted molar refractivity (Wildman–Crippen MR) is 85.5 cm³/mol. The van der Waals surface area contributed by atoms with Gasteiger partial charge in [0.15, 0.2) is 0 Å². The number of aryl methyl sites for hydroxylation is 1. The Morgan fingerprint density at radius 3 is 2.60 bits per heavy atom. The Balaban J connectivity index is 2.02. The zero-order valence-corrected chi connectivity index (χ0v) is 13.6. The van der Waals surface area contributed by atoms with Crippen molar-refractivity contribution in [1.82, 2.24) is 0 Å². The number of fused-ring (bicyclic) bond motifs is 1. The minimum absolute atomic E-state index is 0.296. The first-order valence-electron chi connectivity index (χ1n) is 5.89. The van der Waals surface area contributed by atoms with Crippen molar-refractivity contribution in [2.45, 2.75) is 11.8 Å². The second-order valence-electron chi connectivity index (χ2n) is 4.29. The molecule has 0 amide bonds. The number of rotatable bonds is 0. The average molecular weight is 398 g/mol. The predicted octanol–water partition coefficient (Wildman–Crippen LogP) is 3.31. The van der Waals surface area contributed by atoms with Crippen LogP contribution in [0.4, 0.5) is 0 Å². The summed E-state index contributed by atoms with van der Waals surface area (Å²) in [4.78, 5) is 0.296. The van der Waals surface area contributed by atoms with E-state index in [0.717, 1.165) is 14.7 Å². The summed E-state index contributed by atoms with van der Waals surface area (Å²) in [7, 11) is -3.61. The quantitative estimate of drug-likeness (QED) is 0.505. The van der Waals surface area contributed by atoms with Gasteiger partial charge >= 0.3 is 126 Å². The van der Waals surface area contributed by atoms with Crippen LogP contribution in [0.3, 0.4) is 0 Å². The third-order valence-corrected chi connectivity index (χ3v) is 9.53. The van der Waals surface area contributed by atoms with Gasteiger partial charge in [-0.05, 0) is 0 Å². The Hall–Kier alpha value is -1.36. The molecule has 0 saturated heterocycles. The fraction of sp³-hybridized carbons (Fsp3) is 0.0667. The molecule has 0 fully saturated rings. The van der Waals surface area contributed by atoms with E-state index in [1.54, 1.807) is 6.07 Å². The normalized spacial score (nSPS) is 17.1. The Morgan fingerprint density at radius 1 is 1.10 bits per heavy atom. The van der Waals surface area contributed by atoms with Gasteiger partial charge in [0.2, 0.25) is 0 Å². The molecule has 20 heavy (non-hydrogen) atoms. The van der Waals surface area contributed by atoms with Crippen LogP contribution in [0, 0.1) is 20.3 Å². The van der Waals surface area contributed by atoms with Gasteiger partial charge in [-0.3, -0.25) is 0 Å². The van der Waals surface area contributed by atoms with Gasteiger partial charge in [-0.1, -0.05) is 0 Å². The summed E-state index contributed by atoms with van der Waals surface area (Å²) in [5.41, 5.74) is 1.77. The van der Waals surface area contributed by atoms with Crippen LogP contribution >= 0.6 is 20.2 Å². The first-order valence-corrected chi connectivity index (χ1v) is 10.3. The van der Waals surface area contributed by atoms with E-state index in [1.807, 2.05) is 49.4 Å². The monoisotopic (exact) mass is 398 g/mol. The summed E-state index contributed by atoms with van der Waals surface area (Å²) in [6.07, 6.45) is 0.